The second kappa shape index (κ2) is 10.8. The van der Waals surface area contributed by atoms with Crippen LogP contribution in [-0.4, -0.2) is 66.0 Å². The van der Waals surface area contributed by atoms with Crippen molar-refractivity contribution in [2.75, 3.05) is 23.7 Å². The number of nitrogens with one attached hydrogen (secondary N) is 4. The highest BCUT2D eigenvalue weighted by molar-refractivity contribution is 6.03. The molecule has 1 unspecified atom stereocenters. The number of anilines is 2. The van der Waals surface area contributed by atoms with Crippen molar-refractivity contribution in [2.24, 2.45) is 0 Å². The topological polar surface area (TPSA) is 154 Å². The van der Waals surface area contributed by atoms with Crippen molar-refractivity contribution in [3.63, 3.8) is 0 Å². The van der Waals surface area contributed by atoms with Crippen LogP contribution < -0.4 is 15.4 Å². The number of nitrogens with zero attached hydrogens (tertiary/aromatic N) is 5. The molecule has 1 fully saturated rings. The van der Waals surface area contributed by atoms with Crippen LogP contribution in [0.3, 0.4) is 0 Å². The summed E-state index contributed by atoms with van der Waals surface area (Å²) in [4.78, 5) is 42.7. The minimum atomic E-state index is -0.260. The molecule has 1 saturated heterocycles. The number of aromatic nitrogens is 6. The number of amides is 2. The molecule has 4 N–H and O–H groups in total. The smallest absolute Gasteiger partial charge is 0.289 e. The van der Waals surface area contributed by atoms with E-state index in [1.807, 2.05) is 19.1 Å². The maximum absolute atomic E-state index is 12.8. The zero-order chi connectivity index (χ0) is 27.5. The van der Waals surface area contributed by atoms with Crippen molar-refractivity contribution in [1.29, 1.82) is 0 Å². The van der Waals surface area contributed by atoms with E-state index >= 15 is 0 Å². The van der Waals surface area contributed by atoms with Crippen LogP contribution in [0, 0.1) is 6.92 Å². The number of piperidine rings is 1. The molecule has 5 heterocycles. The summed E-state index contributed by atoms with van der Waals surface area (Å²) in [7, 11) is 0. The van der Waals surface area contributed by atoms with E-state index in [-0.39, 0.29) is 17.9 Å². The number of fused-ring (bicyclic) bond motifs is 1. The number of carbonyl (C=O) groups is 2. The van der Waals surface area contributed by atoms with Gasteiger partial charge in [-0.05, 0) is 61.7 Å². The van der Waals surface area contributed by atoms with Crippen molar-refractivity contribution in [1.82, 2.24) is 35.0 Å². The van der Waals surface area contributed by atoms with E-state index in [1.165, 1.54) is 0 Å². The predicted molar refractivity (Wildman–Crippen MR) is 148 cm³/mol. The van der Waals surface area contributed by atoms with Crippen molar-refractivity contribution < 1.29 is 14.3 Å². The molecule has 202 valence electrons. The Hall–Kier alpha value is -5.26. The Morgan fingerprint density at radius 3 is 2.70 bits per heavy atom. The third-order valence-corrected chi connectivity index (χ3v) is 6.67. The fourth-order valence-electron chi connectivity index (χ4n) is 4.71. The zero-order valence-corrected chi connectivity index (χ0v) is 21.7. The van der Waals surface area contributed by atoms with Gasteiger partial charge in [0.1, 0.15) is 22.7 Å². The number of benzene rings is 1. The first-order valence-corrected chi connectivity index (χ1v) is 12.9. The summed E-state index contributed by atoms with van der Waals surface area (Å²) in [6, 6.07) is 12.3. The number of H-pyrrole nitrogens is 2. The van der Waals surface area contributed by atoms with Crippen LogP contribution in [0.2, 0.25) is 0 Å². The summed E-state index contributed by atoms with van der Waals surface area (Å²) in [5.74, 6) is 2.15. The number of aryl methyl sites for hydroxylation is 1. The lowest BCUT2D eigenvalue weighted by Crippen LogP contribution is -2.45. The third kappa shape index (κ3) is 5.32. The number of rotatable bonds is 7. The molecule has 0 spiro atoms. The number of likely N-dealkylation sites (tertiary alicyclic amines) is 1. The minimum Gasteiger partial charge on any atom is -0.456 e. The molecule has 40 heavy (non-hydrogen) atoms. The number of carbonyl (C=O) groups excluding carboxylic acids is 2. The van der Waals surface area contributed by atoms with Crippen molar-refractivity contribution in [3.05, 3.63) is 84.2 Å². The number of hydrogen-bond acceptors (Lipinski definition) is 8. The molecule has 6 rings (SSSR count). The lowest BCUT2D eigenvalue weighted by molar-refractivity contribution is 0.0703. The van der Waals surface area contributed by atoms with Crippen LogP contribution >= 0.6 is 0 Å². The summed E-state index contributed by atoms with van der Waals surface area (Å²) < 4.78 is 6.20. The molecule has 5 aromatic rings. The number of hydrogen-bond donors (Lipinski definition) is 4. The van der Waals surface area contributed by atoms with Crippen LogP contribution in [0.5, 0.6) is 11.5 Å². The van der Waals surface area contributed by atoms with Gasteiger partial charge in [0.2, 0.25) is 0 Å². The van der Waals surface area contributed by atoms with Gasteiger partial charge in [0.15, 0.2) is 17.3 Å². The van der Waals surface area contributed by atoms with Crippen LogP contribution in [0.25, 0.3) is 11.0 Å². The minimum absolute atomic E-state index is 0.00657. The quantitative estimate of drug-likeness (QED) is 0.242. The van der Waals surface area contributed by atoms with E-state index in [0.29, 0.717) is 58.6 Å². The maximum atomic E-state index is 12.8. The van der Waals surface area contributed by atoms with Crippen molar-refractivity contribution >= 4 is 34.5 Å². The number of aromatic amines is 2. The maximum Gasteiger partial charge on any atom is 0.289 e. The second-order valence-corrected chi connectivity index (χ2v) is 9.58. The Labute approximate surface area is 229 Å². The standard InChI is InChI=1S/C28H27N9O3/c1-17-8-10-29-22(15-17)34-27(38)18-4-6-20(7-5-18)40-21-9-11-30-24-23(21)25(36-35-24)33-19-3-2-14-37(16-19)28(39)26-31-12-13-32-26/h4-13,15,19H,2-3,14,16H2,1H3,(H,31,32)(H,29,34,38)(H2,30,33,35,36). The van der Waals surface area contributed by atoms with Gasteiger partial charge in [-0.3, -0.25) is 14.7 Å². The SMILES string of the molecule is Cc1ccnc(NC(=O)c2ccc(Oc3ccnc4[nH]nc(NC5CCCN(C(=O)c6ncc[nH]6)C5)c34)cc2)c1. The van der Waals surface area contributed by atoms with Gasteiger partial charge in [-0.2, -0.15) is 5.10 Å². The highest BCUT2D eigenvalue weighted by atomic mass is 16.5. The van der Waals surface area contributed by atoms with Crippen molar-refractivity contribution in [2.45, 2.75) is 25.8 Å². The Kier molecular flexibility index (Phi) is 6.79. The van der Waals surface area contributed by atoms with Crippen LogP contribution in [0.4, 0.5) is 11.6 Å². The monoisotopic (exact) mass is 537 g/mol. The fourth-order valence-corrected chi connectivity index (χ4v) is 4.71. The van der Waals surface area contributed by atoms with Gasteiger partial charge in [0, 0.05) is 55.5 Å². The summed E-state index contributed by atoms with van der Waals surface area (Å²) in [5.41, 5.74) is 2.06. The van der Waals surface area contributed by atoms with Gasteiger partial charge < -0.3 is 25.3 Å². The van der Waals surface area contributed by atoms with Gasteiger partial charge in [0.25, 0.3) is 11.8 Å². The average molecular weight is 538 g/mol. The molecule has 0 aliphatic carbocycles. The summed E-state index contributed by atoms with van der Waals surface area (Å²) in [5, 5.41) is 14.4. The average Bonchev–Trinajstić information content (AvgIpc) is 3.65. The van der Waals surface area contributed by atoms with Crippen molar-refractivity contribution in [3.8, 4) is 11.5 Å². The largest absolute Gasteiger partial charge is 0.456 e. The molecule has 12 heteroatoms. The highest BCUT2D eigenvalue weighted by Crippen LogP contribution is 2.33. The van der Waals surface area contributed by atoms with E-state index in [4.69, 9.17) is 4.74 Å². The Morgan fingerprint density at radius 1 is 1.05 bits per heavy atom. The number of pyridine rings is 2. The van der Waals surface area contributed by atoms with Gasteiger partial charge >= 0.3 is 0 Å². The van der Waals surface area contributed by atoms with Crippen LogP contribution in [0.15, 0.2) is 67.3 Å². The molecule has 0 bridgehead atoms. The van der Waals surface area contributed by atoms with Gasteiger partial charge in [-0.1, -0.05) is 0 Å². The fraction of sp³-hybridized carbons (Fsp3) is 0.214. The van der Waals surface area contributed by atoms with Gasteiger partial charge in [-0.25, -0.2) is 15.0 Å². The summed E-state index contributed by atoms with van der Waals surface area (Å²) in [6.07, 6.45) is 8.25. The summed E-state index contributed by atoms with van der Waals surface area (Å²) in [6.45, 7) is 3.13. The molecule has 0 radical (unpaired) electrons. The Bertz CT molecular complexity index is 1650. The molecule has 4 aromatic heterocycles. The lowest BCUT2D eigenvalue weighted by atomic mass is 10.1. The first-order valence-electron chi connectivity index (χ1n) is 12.9. The zero-order valence-electron chi connectivity index (χ0n) is 21.7. The van der Waals surface area contributed by atoms with Gasteiger partial charge in [0.05, 0.1) is 0 Å². The van der Waals surface area contributed by atoms with Gasteiger partial charge in [-0.15, -0.1) is 0 Å². The predicted octanol–water partition coefficient (Wildman–Crippen LogP) is 4.15. The molecule has 0 saturated carbocycles. The third-order valence-electron chi connectivity index (χ3n) is 6.67. The summed E-state index contributed by atoms with van der Waals surface area (Å²) >= 11 is 0. The Morgan fingerprint density at radius 2 is 1.90 bits per heavy atom. The first kappa shape index (κ1) is 25.0. The molecular weight excluding hydrogens is 510 g/mol. The second-order valence-electron chi connectivity index (χ2n) is 9.58. The Balaban J connectivity index is 1.16. The number of ether oxygens (including phenoxy) is 1. The molecule has 12 nitrogen and oxygen atoms in total. The lowest BCUT2D eigenvalue weighted by Gasteiger charge is -2.32. The molecule has 1 aliphatic heterocycles. The van der Waals surface area contributed by atoms with E-state index in [0.717, 1.165) is 18.4 Å². The molecule has 1 aromatic carbocycles. The van der Waals surface area contributed by atoms with E-state index in [1.54, 1.807) is 60.0 Å². The highest BCUT2D eigenvalue weighted by Gasteiger charge is 2.27. The molecule has 2 amide bonds. The van der Waals surface area contributed by atoms with E-state index in [2.05, 4.69) is 40.8 Å². The normalized spacial score (nSPS) is 15.1. The van der Waals surface area contributed by atoms with E-state index in [9.17, 15) is 9.59 Å². The molecule has 1 aliphatic rings. The van der Waals surface area contributed by atoms with Crippen LogP contribution in [-0.2, 0) is 0 Å². The van der Waals surface area contributed by atoms with Crippen LogP contribution in [0.1, 0.15) is 39.4 Å². The van der Waals surface area contributed by atoms with E-state index < -0.39 is 0 Å². The first-order chi connectivity index (χ1) is 19.5. The molecular formula is C28H27N9O3. The molecule has 1 atom stereocenters. The number of imidazole rings is 1.